The molecule has 2 rings (SSSR count). The molecule has 0 bridgehead atoms. The topological polar surface area (TPSA) is 105 Å². The minimum Gasteiger partial charge on any atom is -0.507 e. The smallest absolute Gasteiger partial charge is 0.345 e. The standard InChI is InChI=1S/C17H18O7/c1-9-4-12(19)15(17(21)23-3)14(5-9)24-16-10(8-18)6-11(22-2)7-13(16)20/h4-7,18-20H,8H2,1-3H3. The van der Waals surface area contributed by atoms with E-state index in [9.17, 15) is 20.1 Å². The summed E-state index contributed by atoms with van der Waals surface area (Å²) in [6.07, 6.45) is 0. The Balaban J connectivity index is 2.58. The van der Waals surface area contributed by atoms with E-state index in [0.717, 1.165) is 0 Å². The Bertz CT molecular complexity index is 768. The van der Waals surface area contributed by atoms with Gasteiger partial charge < -0.3 is 29.5 Å². The summed E-state index contributed by atoms with van der Waals surface area (Å²) in [6.45, 7) is 1.28. The fourth-order valence-electron chi connectivity index (χ4n) is 2.23. The van der Waals surface area contributed by atoms with E-state index in [1.165, 1.54) is 38.5 Å². The van der Waals surface area contributed by atoms with Crippen molar-refractivity contribution in [1.82, 2.24) is 0 Å². The number of aromatic hydroxyl groups is 2. The number of phenols is 2. The van der Waals surface area contributed by atoms with Crippen LogP contribution in [-0.4, -0.2) is 35.5 Å². The summed E-state index contributed by atoms with van der Waals surface area (Å²) in [5.41, 5.74) is 0.708. The lowest BCUT2D eigenvalue weighted by Gasteiger charge is -2.16. The van der Waals surface area contributed by atoms with Crippen LogP contribution in [0, 0.1) is 6.92 Å². The SMILES string of the molecule is COC(=O)c1c(O)cc(C)cc1Oc1c(O)cc(OC)cc1CO. The lowest BCUT2D eigenvalue weighted by molar-refractivity contribution is 0.0594. The quantitative estimate of drug-likeness (QED) is 0.721. The zero-order chi connectivity index (χ0) is 17.9. The third kappa shape index (κ3) is 3.36. The van der Waals surface area contributed by atoms with Crippen LogP contribution >= 0.6 is 0 Å². The number of carbonyl (C=O) groups is 1. The molecule has 128 valence electrons. The summed E-state index contributed by atoms with van der Waals surface area (Å²) in [6, 6.07) is 5.70. The molecule has 0 aliphatic carbocycles. The van der Waals surface area contributed by atoms with Gasteiger partial charge in [-0.05, 0) is 30.7 Å². The van der Waals surface area contributed by atoms with Gasteiger partial charge in [0.2, 0.25) is 0 Å². The predicted octanol–water partition coefficient (Wildman–Crippen LogP) is 2.49. The van der Waals surface area contributed by atoms with E-state index in [1.54, 1.807) is 6.92 Å². The molecule has 0 saturated carbocycles. The highest BCUT2D eigenvalue weighted by Gasteiger charge is 2.22. The molecule has 0 aliphatic rings. The summed E-state index contributed by atoms with van der Waals surface area (Å²) < 4.78 is 15.3. The Kier molecular flexibility index (Phi) is 5.15. The highest BCUT2D eigenvalue weighted by Crippen LogP contribution is 2.41. The van der Waals surface area contributed by atoms with Crippen LogP contribution in [0.2, 0.25) is 0 Å². The van der Waals surface area contributed by atoms with E-state index in [4.69, 9.17) is 9.47 Å². The first-order valence-electron chi connectivity index (χ1n) is 7.01. The molecule has 0 radical (unpaired) electrons. The van der Waals surface area contributed by atoms with Crippen LogP contribution in [0.3, 0.4) is 0 Å². The van der Waals surface area contributed by atoms with Crippen LogP contribution in [0.25, 0.3) is 0 Å². The molecule has 2 aromatic carbocycles. The molecule has 0 amide bonds. The molecule has 0 aliphatic heterocycles. The van der Waals surface area contributed by atoms with Crippen molar-refractivity contribution in [2.45, 2.75) is 13.5 Å². The predicted molar refractivity (Wildman–Crippen MR) is 84.8 cm³/mol. The number of aliphatic hydroxyl groups is 1. The van der Waals surface area contributed by atoms with Crippen LogP contribution in [0.5, 0.6) is 28.7 Å². The molecule has 7 heteroatoms. The third-order valence-corrected chi connectivity index (χ3v) is 3.35. The zero-order valence-corrected chi connectivity index (χ0v) is 13.5. The van der Waals surface area contributed by atoms with Gasteiger partial charge in [-0.1, -0.05) is 0 Å². The second-order valence-corrected chi connectivity index (χ2v) is 5.04. The Labute approximate surface area is 138 Å². The number of ether oxygens (including phenoxy) is 3. The van der Waals surface area contributed by atoms with E-state index in [0.29, 0.717) is 11.3 Å². The molecule has 0 atom stereocenters. The van der Waals surface area contributed by atoms with Crippen molar-refractivity contribution in [3.63, 3.8) is 0 Å². The van der Waals surface area contributed by atoms with Gasteiger partial charge in [0.25, 0.3) is 0 Å². The molecule has 0 aromatic heterocycles. The number of hydrogen-bond donors (Lipinski definition) is 3. The Morgan fingerprint density at radius 2 is 1.79 bits per heavy atom. The molecule has 0 saturated heterocycles. The van der Waals surface area contributed by atoms with Gasteiger partial charge in [-0.3, -0.25) is 0 Å². The fourth-order valence-corrected chi connectivity index (χ4v) is 2.23. The molecule has 0 spiro atoms. The maximum atomic E-state index is 11.9. The first-order chi connectivity index (χ1) is 11.4. The normalized spacial score (nSPS) is 10.3. The second kappa shape index (κ2) is 7.10. The summed E-state index contributed by atoms with van der Waals surface area (Å²) in [5, 5.41) is 29.6. The number of esters is 1. The number of phenolic OH excluding ortho intramolecular Hbond substituents is 2. The van der Waals surface area contributed by atoms with Gasteiger partial charge in [-0.15, -0.1) is 0 Å². The first-order valence-corrected chi connectivity index (χ1v) is 7.01. The van der Waals surface area contributed by atoms with Crippen molar-refractivity contribution in [3.8, 4) is 28.7 Å². The van der Waals surface area contributed by atoms with Crippen LogP contribution < -0.4 is 9.47 Å². The molecule has 24 heavy (non-hydrogen) atoms. The number of aryl methyl sites for hydroxylation is 1. The van der Waals surface area contributed by atoms with Gasteiger partial charge >= 0.3 is 5.97 Å². The molecular formula is C17H18O7. The summed E-state index contributed by atoms with van der Waals surface area (Å²) in [4.78, 5) is 11.9. The van der Waals surface area contributed by atoms with Crippen molar-refractivity contribution in [2.24, 2.45) is 0 Å². The highest BCUT2D eigenvalue weighted by molar-refractivity contribution is 5.95. The molecule has 2 aromatic rings. The Hall–Kier alpha value is -2.93. The lowest BCUT2D eigenvalue weighted by Crippen LogP contribution is -2.05. The van der Waals surface area contributed by atoms with Crippen LogP contribution in [0.4, 0.5) is 0 Å². The highest BCUT2D eigenvalue weighted by atomic mass is 16.5. The number of carbonyl (C=O) groups excluding carboxylic acids is 1. The summed E-state index contributed by atoms with van der Waals surface area (Å²) in [7, 11) is 2.60. The number of rotatable bonds is 5. The van der Waals surface area contributed by atoms with Crippen molar-refractivity contribution < 1.29 is 34.3 Å². The van der Waals surface area contributed by atoms with Crippen molar-refractivity contribution in [2.75, 3.05) is 14.2 Å². The first kappa shape index (κ1) is 17.4. The number of benzene rings is 2. The molecule has 7 nitrogen and oxygen atoms in total. The molecular weight excluding hydrogens is 316 g/mol. The maximum Gasteiger partial charge on any atom is 0.345 e. The van der Waals surface area contributed by atoms with Crippen LogP contribution in [0.15, 0.2) is 24.3 Å². The maximum absolute atomic E-state index is 11.9. The number of aliphatic hydroxyl groups excluding tert-OH is 1. The van der Waals surface area contributed by atoms with Crippen LogP contribution in [0.1, 0.15) is 21.5 Å². The van der Waals surface area contributed by atoms with E-state index in [-0.39, 0.29) is 34.1 Å². The van der Waals surface area contributed by atoms with E-state index in [2.05, 4.69) is 4.74 Å². The third-order valence-electron chi connectivity index (χ3n) is 3.35. The van der Waals surface area contributed by atoms with Crippen molar-refractivity contribution in [1.29, 1.82) is 0 Å². The average molecular weight is 334 g/mol. The zero-order valence-electron chi connectivity index (χ0n) is 13.5. The van der Waals surface area contributed by atoms with E-state index in [1.807, 2.05) is 0 Å². The van der Waals surface area contributed by atoms with Crippen LogP contribution in [-0.2, 0) is 11.3 Å². The molecule has 0 heterocycles. The second-order valence-electron chi connectivity index (χ2n) is 5.04. The van der Waals surface area contributed by atoms with Crippen molar-refractivity contribution in [3.05, 3.63) is 41.0 Å². The van der Waals surface area contributed by atoms with Gasteiger partial charge in [0.05, 0.1) is 20.8 Å². The Morgan fingerprint density at radius 3 is 2.38 bits per heavy atom. The van der Waals surface area contributed by atoms with Gasteiger partial charge in [-0.25, -0.2) is 4.79 Å². The fraction of sp³-hybridized carbons (Fsp3) is 0.235. The van der Waals surface area contributed by atoms with Gasteiger partial charge in [0.1, 0.15) is 22.8 Å². The molecule has 0 unspecified atom stereocenters. The van der Waals surface area contributed by atoms with Gasteiger partial charge in [0, 0.05) is 11.6 Å². The minimum atomic E-state index is -0.791. The molecule has 0 fully saturated rings. The number of hydrogen-bond acceptors (Lipinski definition) is 7. The van der Waals surface area contributed by atoms with E-state index >= 15 is 0 Å². The summed E-state index contributed by atoms with van der Waals surface area (Å²) >= 11 is 0. The summed E-state index contributed by atoms with van der Waals surface area (Å²) in [5.74, 6) is -1.10. The number of methoxy groups -OCH3 is 2. The van der Waals surface area contributed by atoms with Gasteiger partial charge in [-0.2, -0.15) is 0 Å². The molecule has 3 N–H and O–H groups in total. The average Bonchev–Trinajstić information content (AvgIpc) is 2.55. The largest absolute Gasteiger partial charge is 0.507 e. The van der Waals surface area contributed by atoms with Crippen molar-refractivity contribution >= 4 is 5.97 Å². The Morgan fingerprint density at radius 1 is 1.08 bits per heavy atom. The minimum absolute atomic E-state index is 0.00508. The van der Waals surface area contributed by atoms with Gasteiger partial charge in [0.15, 0.2) is 11.5 Å². The monoisotopic (exact) mass is 334 g/mol. The van der Waals surface area contributed by atoms with E-state index < -0.39 is 12.6 Å². The lowest BCUT2D eigenvalue weighted by atomic mass is 10.1.